The Morgan fingerprint density at radius 2 is 1.69 bits per heavy atom. The predicted molar refractivity (Wildman–Crippen MR) is 95.7 cm³/mol. The number of nitrogens with one attached hydrogen (secondary N) is 4. The minimum Gasteiger partial charge on any atom is -0.480 e. The Morgan fingerprint density at radius 3 is 2.17 bits per heavy atom. The standard InChI is InChI=1S/C15H23N7O7/c16-3-12(25)20-9(2-11(17)24)14(27)21-8(1-7-4-18-6-19-7)13(26)22-10(5-23)15(28)29/h4,6,8-10,23H,1-3,5,16H2,(H2,17,24)(H,18,19)(H,20,25)(H,21,27)(H,22,26)(H,28,29). The van der Waals surface area contributed by atoms with Crippen LogP contribution in [0.15, 0.2) is 12.5 Å². The number of nitrogens with two attached hydrogens (primary N) is 2. The largest absolute Gasteiger partial charge is 0.480 e. The maximum atomic E-state index is 12.5. The van der Waals surface area contributed by atoms with Gasteiger partial charge in [-0.1, -0.05) is 0 Å². The van der Waals surface area contributed by atoms with E-state index in [4.69, 9.17) is 21.7 Å². The molecule has 1 heterocycles. The van der Waals surface area contributed by atoms with Crippen molar-refractivity contribution in [2.45, 2.75) is 31.0 Å². The Balaban J connectivity index is 2.99. The number of amides is 4. The average molecular weight is 413 g/mol. The SMILES string of the molecule is NCC(=O)NC(CC(N)=O)C(=O)NC(Cc1cnc[nH]1)C(=O)NC(CO)C(=O)O. The van der Waals surface area contributed by atoms with Crippen LogP contribution in [-0.4, -0.2) is 81.1 Å². The highest BCUT2D eigenvalue weighted by atomic mass is 16.4. The van der Waals surface area contributed by atoms with Crippen molar-refractivity contribution < 1.29 is 34.2 Å². The number of carboxylic acid groups (broad SMARTS) is 1. The van der Waals surface area contributed by atoms with Gasteiger partial charge in [0.1, 0.15) is 18.1 Å². The van der Waals surface area contributed by atoms with Crippen LogP contribution in [0.5, 0.6) is 0 Å². The minimum atomic E-state index is -1.60. The van der Waals surface area contributed by atoms with Crippen LogP contribution in [0.25, 0.3) is 0 Å². The number of aromatic amines is 1. The number of rotatable bonds is 12. The molecule has 0 aliphatic rings. The molecule has 1 aromatic rings. The van der Waals surface area contributed by atoms with Gasteiger partial charge in [-0.05, 0) is 0 Å². The van der Waals surface area contributed by atoms with Gasteiger partial charge in [-0.15, -0.1) is 0 Å². The van der Waals surface area contributed by atoms with Crippen molar-refractivity contribution in [3.63, 3.8) is 0 Å². The van der Waals surface area contributed by atoms with Crippen LogP contribution in [0.4, 0.5) is 0 Å². The Hall–Kier alpha value is -3.52. The molecule has 0 saturated heterocycles. The first-order valence-electron chi connectivity index (χ1n) is 8.37. The van der Waals surface area contributed by atoms with E-state index in [0.29, 0.717) is 5.69 Å². The number of aliphatic hydroxyl groups is 1. The molecule has 0 fully saturated rings. The van der Waals surface area contributed by atoms with E-state index in [1.165, 1.54) is 12.5 Å². The Labute approximate surface area is 164 Å². The lowest BCUT2D eigenvalue weighted by atomic mass is 10.1. The van der Waals surface area contributed by atoms with E-state index in [0.717, 1.165) is 0 Å². The second kappa shape index (κ2) is 11.4. The smallest absolute Gasteiger partial charge is 0.328 e. The second-order valence-corrected chi connectivity index (χ2v) is 5.92. The highest BCUT2D eigenvalue weighted by Gasteiger charge is 2.30. The number of primary amides is 1. The third-order valence-corrected chi connectivity index (χ3v) is 3.65. The van der Waals surface area contributed by atoms with E-state index in [2.05, 4.69) is 25.9 Å². The number of carbonyl (C=O) groups is 5. The van der Waals surface area contributed by atoms with Crippen LogP contribution in [0.1, 0.15) is 12.1 Å². The highest BCUT2D eigenvalue weighted by Crippen LogP contribution is 2.02. The van der Waals surface area contributed by atoms with Crippen molar-refractivity contribution in [3.8, 4) is 0 Å². The molecule has 0 saturated carbocycles. The van der Waals surface area contributed by atoms with Crippen molar-refractivity contribution in [2.24, 2.45) is 11.5 Å². The molecule has 4 amide bonds. The normalized spacial score (nSPS) is 13.6. The molecule has 0 aliphatic carbocycles. The minimum absolute atomic E-state index is 0.122. The Morgan fingerprint density at radius 1 is 1.07 bits per heavy atom. The molecule has 14 heteroatoms. The summed E-state index contributed by atoms with van der Waals surface area (Å²) in [5.41, 5.74) is 10.7. The van der Waals surface area contributed by atoms with Crippen molar-refractivity contribution in [1.82, 2.24) is 25.9 Å². The van der Waals surface area contributed by atoms with Crippen LogP contribution in [0, 0.1) is 0 Å². The van der Waals surface area contributed by atoms with Gasteiger partial charge in [0.25, 0.3) is 0 Å². The molecule has 1 aromatic heterocycles. The van der Waals surface area contributed by atoms with E-state index in [1.807, 2.05) is 0 Å². The number of hydrogen-bond donors (Lipinski definition) is 8. The maximum absolute atomic E-state index is 12.5. The highest BCUT2D eigenvalue weighted by molar-refractivity contribution is 5.95. The van der Waals surface area contributed by atoms with E-state index in [9.17, 15) is 24.0 Å². The Kier molecular flexibility index (Phi) is 9.21. The zero-order valence-corrected chi connectivity index (χ0v) is 15.3. The number of carboxylic acids is 1. The summed E-state index contributed by atoms with van der Waals surface area (Å²) in [5.74, 6) is -4.93. The zero-order chi connectivity index (χ0) is 22.0. The molecule has 160 valence electrons. The monoisotopic (exact) mass is 413 g/mol. The fraction of sp³-hybridized carbons (Fsp3) is 0.467. The number of aliphatic hydroxyl groups excluding tert-OH is 1. The summed E-state index contributed by atoms with van der Waals surface area (Å²) in [7, 11) is 0. The molecule has 0 radical (unpaired) electrons. The molecule has 0 bridgehead atoms. The third kappa shape index (κ3) is 7.94. The number of hydrogen-bond acceptors (Lipinski definition) is 8. The van der Waals surface area contributed by atoms with Crippen LogP contribution < -0.4 is 27.4 Å². The third-order valence-electron chi connectivity index (χ3n) is 3.65. The van der Waals surface area contributed by atoms with Gasteiger partial charge in [0.05, 0.1) is 25.9 Å². The fourth-order valence-electron chi connectivity index (χ4n) is 2.22. The number of nitrogens with zero attached hydrogens (tertiary/aromatic N) is 1. The summed E-state index contributed by atoms with van der Waals surface area (Å²) in [4.78, 5) is 65.2. The molecular weight excluding hydrogens is 390 g/mol. The summed E-state index contributed by atoms with van der Waals surface area (Å²) in [6.07, 6.45) is 2.04. The van der Waals surface area contributed by atoms with Crippen molar-refractivity contribution >= 4 is 29.6 Å². The summed E-state index contributed by atoms with van der Waals surface area (Å²) < 4.78 is 0. The van der Waals surface area contributed by atoms with Gasteiger partial charge in [0.2, 0.25) is 23.6 Å². The van der Waals surface area contributed by atoms with E-state index >= 15 is 0 Å². The summed E-state index contributed by atoms with van der Waals surface area (Å²) >= 11 is 0. The van der Waals surface area contributed by atoms with Crippen LogP contribution in [0.2, 0.25) is 0 Å². The first kappa shape index (κ1) is 23.5. The lowest BCUT2D eigenvalue weighted by Gasteiger charge is -2.23. The molecule has 14 nitrogen and oxygen atoms in total. The molecular formula is C15H23N7O7. The van der Waals surface area contributed by atoms with Crippen LogP contribution in [-0.2, 0) is 30.4 Å². The van der Waals surface area contributed by atoms with Crippen molar-refractivity contribution in [1.29, 1.82) is 0 Å². The lowest BCUT2D eigenvalue weighted by molar-refractivity contribution is -0.143. The van der Waals surface area contributed by atoms with Crippen molar-refractivity contribution in [3.05, 3.63) is 18.2 Å². The molecule has 0 aromatic carbocycles. The average Bonchev–Trinajstić information content (AvgIpc) is 3.16. The predicted octanol–water partition coefficient (Wildman–Crippen LogP) is -4.68. The molecule has 3 atom stereocenters. The lowest BCUT2D eigenvalue weighted by Crippen LogP contribution is -2.57. The number of aromatic nitrogens is 2. The van der Waals surface area contributed by atoms with Crippen LogP contribution in [0.3, 0.4) is 0 Å². The van der Waals surface area contributed by atoms with Gasteiger partial charge in [-0.2, -0.15) is 0 Å². The van der Waals surface area contributed by atoms with Crippen LogP contribution >= 0.6 is 0 Å². The number of imidazole rings is 1. The zero-order valence-electron chi connectivity index (χ0n) is 15.3. The van der Waals surface area contributed by atoms with E-state index < -0.39 is 67.3 Å². The van der Waals surface area contributed by atoms with Gasteiger partial charge in [-0.25, -0.2) is 9.78 Å². The summed E-state index contributed by atoms with van der Waals surface area (Å²) in [6.45, 7) is -1.32. The molecule has 3 unspecified atom stereocenters. The fourth-order valence-corrected chi connectivity index (χ4v) is 2.22. The quantitative estimate of drug-likeness (QED) is 0.164. The topological polar surface area (TPSA) is 243 Å². The molecule has 0 spiro atoms. The van der Waals surface area contributed by atoms with Gasteiger partial charge in [0, 0.05) is 18.3 Å². The summed E-state index contributed by atoms with van der Waals surface area (Å²) in [5, 5.41) is 24.6. The van der Waals surface area contributed by atoms with Gasteiger partial charge < -0.3 is 42.6 Å². The maximum Gasteiger partial charge on any atom is 0.328 e. The van der Waals surface area contributed by atoms with Gasteiger partial charge in [-0.3, -0.25) is 19.2 Å². The number of H-pyrrole nitrogens is 1. The van der Waals surface area contributed by atoms with Gasteiger partial charge >= 0.3 is 5.97 Å². The second-order valence-electron chi connectivity index (χ2n) is 5.92. The van der Waals surface area contributed by atoms with E-state index in [-0.39, 0.29) is 6.42 Å². The van der Waals surface area contributed by atoms with Gasteiger partial charge in [0.15, 0.2) is 0 Å². The molecule has 10 N–H and O–H groups in total. The van der Waals surface area contributed by atoms with E-state index in [1.54, 1.807) is 0 Å². The molecule has 0 aliphatic heterocycles. The number of aliphatic carboxylic acids is 1. The number of carbonyl (C=O) groups excluding carboxylic acids is 4. The Bertz CT molecular complexity index is 737. The first-order valence-corrected chi connectivity index (χ1v) is 8.37. The molecule has 1 rings (SSSR count). The summed E-state index contributed by atoms with van der Waals surface area (Å²) in [6, 6.07) is -4.31. The molecule has 29 heavy (non-hydrogen) atoms. The van der Waals surface area contributed by atoms with Crippen molar-refractivity contribution in [2.75, 3.05) is 13.2 Å². The first-order chi connectivity index (χ1) is 13.7.